The summed E-state index contributed by atoms with van der Waals surface area (Å²) >= 11 is 0. The van der Waals surface area contributed by atoms with E-state index in [0.717, 1.165) is 42.8 Å². The quantitative estimate of drug-likeness (QED) is 0.666. The number of halogens is 2. The fourth-order valence-corrected chi connectivity index (χ4v) is 4.09. The fourth-order valence-electron chi connectivity index (χ4n) is 4.09. The Labute approximate surface area is 167 Å². The number of phenols is 1. The SMILES string of the molecule is COc1cccc(O)c1CN1CCC[C@@H](c2[nH]ncc2-c2cc(F)ccc2F)C1. The molecule has 3 aromatic rings. The Hall–Kier alpha value is -2.93. The molecule has 4 rings (SSSR count). The normalized spacial score (nSPS) is 17.4. The van der Waals surface area contributed by atoms with Crippen LogP contribution in [0.15, 0.2) is 42.6 Å². The second-order valence-electron chi connectivity index (χ2n) is 7.35. The highest BCUT2D eigenvalue weighted by Crippen LogP contribution is 2.36. The van der Waals surface area contributed by atoms with Crippen LogP contribution in [0.25, 0.3) is 11.1 Å². The number of piperidine rings is 1. The molecule has 1 fully saturated rings. The average molecular weight is 399 g/mol. The molecule has 0 aliphatic carbocycles. The van der Waals surface area contributed by atoms with Gasteiger partial charge in [-0.05, 0) is 49.7 Å². The first-order valence-electron chi connectivity index (χ1n) is 9.62. The second kappa shape index (κ2) is 8.21. The molecule has 5 nitrogen and oxygen atoms in total. The number of benzene rings is 2. The lowest BCUT2D eigenvalue weighted by atomic mass is 9.90. The highest BCUT2D eigenvalue weighted by Gasteiger charge is 2.27. The molecule has 0 radical (unpaired) electrons. The van der Waals surface area contributed by atoms with Gasteiger partial charge in [0.1, 0.15) is 23.1 Å². The summed E-state index contributed by atoms with van der Waals surface area (Å²) in [6.45, 7) is 2.14. The first-order chi connectivity index (χ1) is 14.1. The van der Waals surface area contributed by atoms with Crippen molar-refractivity contribution in [2.24, 2.45) is 0 Å². The summed E-state index contributed by atoms with van der Waals surface area (Å²) in [5, 5.41) is 17.4. The molecule has 1 aliphatic heterocycles. The first kappa shape index (κ1) is 19.4. The molecule has 2 aromatic carbocycles. The molecule has 7 heteroatoms. The van der Waals surface area contributed by atoms with Gasteiger partial charge in [-0.1, -0.05) is 6.07 Å². The molecule has 0 amide bonds. The number of likely N-dealkylation sites (tertiary alicyclic amines) is 1. The maximum atomic E-state index is 14.3. The van der Waals surface area contributed by atoms with E-state index < -0.39 is 11.6 Å². The Morgan fingerprint density at radius 2 is 2.10 bits per heavy atom. The standard InChI is InChI=1S/C22H23F2N3O2/c1-29-21-6-2-5-20(28)18(21)13-27-9-3-4-14(12-27)22-17(11-25-26-22)16-10-15(23)7-8-19(16)24/h2,5-8,10-11,14,28H,3-4,9,12-13H2,1H3,(H,25,26)/t14-/m1/s1. The number of hydrogen-bond acceptors (Lipinski definition) is 4. The van der Waals surface area contributed by atoms with Gasteiger partial charge in [0, 0.05) is 41.4 Å². The number of methoxy groups -OCH3 is 1. The maximum Gasteiger partial charge on any atom is 0.131 e. The van der Waals surface area contributed by atoms with Gasteiger partial charge in [-0.25, -0.2) is 8.78 Å². The molecule has 1 aliphatic rings. The molecule has 152 valence electrons. The van der Waals surface area contributed by atoms with Crippen LogP contribution in [-0.2, 0) is 6.54 Å². The number of aromatic amines is 1. The highest BCUT2D eigenvalue weighted by atomic mass is 19.1. The summed E-state index contributed by atoms with van der Waals surface area (Å²) in [5.41, 5.74) is 2.36. The minimum atomic E-state index is -0.481. The van der Waals surface area contributed by atoms with Gasteiger partial charge in [0.2, 0.25) is 0 Å². The number of ether oxygens (including phenoxy) is 1. The molecule has 2 heterocycles. The van der Waals surface area contributed by atoms with Gasteiger partial charge in [0.05, 0.1) is 13.3 Å². The lowest BCUT2D eigenvalue weighted by molar-refractivity contribution is 0.194. The number of nitrogens with zero attached hydrogens (tertiary/aromatic N) is 2. The van der Waals surface area contributed by atoms with Crippen LogP contribution in [0.4, 0.5) is 8.78 Å². The van der Waals surface area contributed by atoms with Crippen LogP contribution >= 0.6 is 0 Å². The van der Waals surface area contributed by atoms with Gasteiger partial charge in [0.25, 0.3) is 0 Å². The zero-order valence-corrected chi connectivity index (χ0v) is 16.2. The van der Waals surface area contributed by atoms with Crippen molar-refractivity contribution < 1.29 is 18.6 Å². The summed E-state index contributed by atoms with van der Waals surface area (Å²) < 4.78 is 33.4. The number of rotatable bonds is 5. The Balaban J connectivity index is 1.58. The maximum absolute atomic E-state index is 14.3. The van der Waals surface area contributed by atoms with Gasteiger partial charge < -0.3 is 9.84 Å². The second-order valence-corrected chi connectivity index (χ2v) is 7.35. The topological polar surface area (TPSA) is 61.4 Å². The summed E-state index contributed by atoms with van der Waals surface area (Å²) in [5.74, 6) is -0.00128. The molecule has 1 saturated heterocycles. The molecule has 1 aromatic heterocycles. The van der Waals surface area contributed by atoms with Crippen molar-refractivity contribution in [3.8, 4) is 22.6 Å². The monoisotopic (exact) mass is 399 g/mol. The molecule has 0 unspecified atom stereocenters. The zero-order chi connectivity index (χ0) is 20.4. The van der Waals surface area contributed by atoms with E-state index in [1.807, 2.05) is 6.07 Å². The van der Waals surface area contributed by atoms with E-state index in [4.69, 9.17) is 4.74 Å². The van der Waals surface area contributed by atoms with Crippen LogP contribution < -0.4 is 4.74 Å². The Bertz CT molecular complexity index is 1010. The summed E-state index contributed by atoms with van der Waals surface area (Å²) in [4.78, 5) is 2.23. The smallest absolute Gasteiger partial charge is 0.131 e. The zero-order valence-electron chi connectivity index (χ0n) is 16.2. The van der Waals surface area contributed by atoms with Gasteiger partial charge >= 0.3 is 0 Å². The third-order valence-corrected chi connectivity index (χ3v) is 5.51. The van der Waals surface area contributed by atoms with Crippen molar-refractivity contribution in [2.45, 2.75) is 25.3 Å². The van der Waals surface area contributed by atoms with Crippen LogP contribution in [0.3, 0.4) is 0 Å². The predicted octanol–water partition coefficient (Wildman–Crippen LogP) is 4.45. The number of aromatic hydroxyl groups is 1. The Kier molecular flexibility index (Phi) is 5.49. The van der Waals surface area contributed by atoms with Gasteiger partial charge in [0.15, 0.2) is 0 Å². The molecule has 1 atom stereocenters. The van der Waals surface area contributed by atoms with E-state index in [1.165, 1.54) is 6.07 Å². The van der Waals surface area contributed by atoms with Crippen molar-refractivity contribution in [2.75, 3.05) is 20.2 Å². The number of hydrogen-bond donors (Lipinski definition) is 2. The van der Waals surface area contributed by atoms with Gasteiger partial charge in [-0.2, -0.15) is 5.10 Å². The van der Waals surface area contributed by atoms with Crippen molar-refractivity contribution in [1.82, 2.24) is 15.1 Å². The molecule has 2 N–H and O–H groups in total. The van der Waals surface area contributed by atoms with Crippen molar-refractivity contribution >= 4 is 0 Å². The van der Waals surface area contributed by atoms with Crippen LogP contribution in [0.1, 0.15) is 30.0 Å². The molecule has 29 heavy (non-hydrogen) atoms. The molecule has 0 saturated carbocycles. The number of aromatic nitrogens is 2. The van der Waals surface area contributed by atoms with Crippen LogP contribution in [-0.4, -0.2) is 40.4 Å². The van der Waals surface area contributed by atoms with E-state index in [2.05, 4.69) is 15.1 Å². The number of H-pyrrole nitrogens is 1. The molecular weight excluding hydrogens is 376 g/mol. The largest absolute Gasteiger partial charge is 0.507 e. The lowest BCUT2D eigenvalue weighted by Crippen LogP contribution is -2.34. The van der Waals surface area contributed by atoms with E-state index in [0.29, 0.717) is 24.4 Å². The van der Waals surface area contributed by atoms with Crippen molar-refractivity contribution in [3.05, 3.63) is 65.5 Å². The number of nitrogens with one attached hydrogen (secondary N) is 1. The van der Waals surface area contributed by atoms with Crippen LogP contribution in [0.5, 0.6) is 11.5 Å². The predicted molar refractivity (Wildman–Crippen MR) is 106 cm³/mol. The summed E-state index contributed by atoms with van der Waals surface area (Å²) in [6, 6.07) is 8.69. The van der Waals surface area contributed by atoms with Gasteiger partial charge in [-0.3, -0.25) is 10.00 Å². The molecule has 0 bridgehead atoms. The van der Waals surface area contributed by atoms with E-state index in [-0.39, 0.29) is 17.2 Å². The minimum absolute atomic E-state index is 0.0979. The third kappa shape index (κ3) is 3.96. The van der Waals surface area contributed by atoms with Gasteiger partial charge in [-0.15, -0.1) is 0 Å². The molecule has 0 spiro atoms. The highest BCUT2D eigenvalue weighted by molar-refractivity contribution is 5.66. The summed E-state index contributed by atoms with van der Waals surface area (Å²) in [6.07, 6.45) is 3.42. The average Bonchev–Trinajstić information content (AvgIpc) is 3.21. The molecular formula is C22H23F2N3O2. The Morgan fingerprint density at radius 3 is 2.93 bits per heavy atom. The number of phenolic OH excluding ortho intramolecular Hbond substituents is 1. The third-order valence-electron chi connectivity index (χ3n) is 5.51. The summed E-state index contributed by atoms with van der Waals surface area (Å²) in [7, 11) is 1.59. The Morgan fingerprint density at radius 1 is 1.24 bits per heavy atom. The van der Waals surface area contributed by atoms with Crippen LogP contribution in [0, 0.1) is 11.6 Å². The van der Waals surface area contributed by atoms with E-state index in [9.17, 15) is 13.9 Å². The lowest BCUT2D eigenvalue weighted by Gasteiger charge is -2.33. The first-order valence-corrected chi connectivity index (χ1v) is 9.62. The van der Waals surface area contributed by atoms with Crippen LogP contribution in [0.2, 0.25) is 0 Å². The van der Waals surface area contributed by atoms with Crippen molar-refractivity contribution in [1.29, 1.82) is 0 Å². The van der Waals surface area contributed by atoms with E-state index >= 15 is 0 Å². The van der Waals surface area contributed by atoms with Crippen molar-refractivity contribution in [3.63, 3.8) is 0 Å². The van der Waals surface area contributed by atoms with E-state index in [1.54, 1.807) is 25.4 Å². The fraction of sp³-hybridized carbons (Fsp3) is 0.318. The minimum Gasteiger partial charge on any atom is -0.507 e.